The van der Waals surface area contributed by atoms with Gasteiger partial charge in [-0.05, 0) is 6.42 Å². The van der Waals surface area contributed by atoms with E-state index in [4.69, 9.17) is 5.11 Å². The highest BCUT2D eigenvalue weighted by Crippen LogP contribution is 2.18. The third kappa shape index (κ3) is 3.76. The molecule has 102 valence electrons. The summed E-state index contributed by atoms with van der Waals surface area (Å²) in [5.74, 6) is 0. The summed E-state index contributed by atoms with van der Waals surface area (Å²) in [5.41, 5.74) is 0.568. The van der Waals surface area contributed by atoms with Crippen molar-refractivity contribution in [3.8, 4) is 0 Å². The minimum absolute atomic E-state index is 0.00618. The van der Waals surface area contributed by atoms with E-state index >= 15 is 0 Å². The molecule has 7 nitrogen and oxygen atoms in total. The first kappa shape index (κ1) is 13.5. The summed E-state index contributed by atoms with van der Waals surface area (Å²) < 4.78 is 1.55. The van der Waals surface area contributed by atoms with E-state index in [2.05, 4.69) is 20.7 Å². The summed E-state index contributed by atoms with van der Waals surface area (Å²) in [6.45, 7) is 2.44. The Bertz CT molecular complexity index is 551. The van der Waals surface area contributed by atoms with Crippen LogP contribution in [0.25, 0.3) is 0 Å². The lowest BCUT2D eigenvalue weighted by atomic mass is 10.4. The fourth-order valence-corrected chi connectivity index (χ4v) is 2.19. The largest absolute Gasteiger partial charge is 0.394 e. The van der Waals surface area contributed by atoms with Gasteiger partial charge in [-0.2, -0.15) is 5.10 Å². The van der Waals surface area contributed by atoms with Crippen LogP contribution in [-0.2, 0) is 13.0 Å². The van der Waals surface area contributed by atoms with Gasteiger partial charge >= 0.3 is 6.03 Å². The summed E-state index contributed by atoms with van der Waals surface area (Å²) in [6.07, 6.45) is 5.82. The number of nitrogens with one attached hydrogen (secondary N) is 2. The lowest BCUT2D eigenvalue weighted by molar-refractivity contribution is 0.262. The topological polar surface area (TPSA) is 92.1 Å². The van der Waals surface area contributed by atoms with Gasteiger partial charge in [0.15, 0.2) is 5.13 Å². The molecule has 0 radical (unpaired) electrons. The van der Waals surface area contributed by atoms with E-state index in [1.54, 1.807) is 17.1 Å². The van der Waals surface area contributed by atoms with Gasteiger partial charge in [0, 0.05) is 17.3 Å². The van der Waals surface area contributed by atoms with Crippen LogP contribution in [-0.4, -0.2) is 32.5 Å². The minimum Gasteiger partial charge on any atom is -0.394 e. The number of amides is 2. The van der Waals surface area contributed by atoms with Gasteiger partial charge in [-0.15, -0.1) is 11.3 Å². The molecule has 8 heteroatoms. The van der Waals surface area contributed by atoms with Crippen LogP contribution in [0.3, 0.4) is 0 Å². The molecule has 3 N–H and O–H groups in total. The molecule has 0 aromatic carbocycles. The van der Waals surface area contributed by atoms with Crippen molar-refractivity contribution in [1.29, 1.82) is 0 Å². The molecule has 0 aliphatic carbocycles. The Morgan fingerprint density at radius 3 is 3.00 bits per heavy atom. The van der Waals surface area contributed by atoms with Crippen LogP contribution in [0.5, 0.6) is 0 Å². The maximum absolute atomic E-state index is 11.7. The van der Waals surface area contributed by atoms with E-state index in [1.807, 2.05) is 6.92 Å². The number of thiazole rings is 1. The van der Waals surface area contributed by atoms with E-state index in [0.29, 0.717) is 17.4 Å². The average Bonchev–Trinajstić information content (AvgIpc) is 2.99. The number of aromatic nitrogens is 3. The van der Waals surface area contributed by atoms with Gasteiger partial charge in [0.1, 0.15) is 0 Å². The van der Waals surface area contributed by atoms with Crippen molar-refractivity contribution in [1.82, 2.24) is 14.8 Å². The first-order valence-electron chi connectivity index (χ1n) is 5.87. The van der Waals surface area contributed by atoms with Crippen molar-refractivity contribution in [2.24, 2.45) is 0 Å². The molecule has 0 bridgehead atoms. The number of aliphatic hydroxyl groups excluding tert-OH is 1. The number of urea groups is 1. The van der Waals surface area contributed by atoms with Crippen LogP contribution < -0.4 is 10.6 Å². The molecule has 2 aromatic heterocycles. The molecule has 0 saturated heterocycles. The molecule has 0 spiro atoms. The second-order valence-electron chi connectivity index (χ2n) is 3.78. The smallest absolute Gasteiger partial charge is 0.325 e. The van der Waals surface area contributed by atoms with Gasteiger partial charge in [0.25, 0.3) is 0 Å². The van der Waals surface area contributed by atoms with E-state index in [1.165, 1.54) is 17.5 Å². The molecule has 2 rings (SSSR count). The standard InChI is InChI=1S/C11H15N5O2S/c1-2-9-6-12-11(19-9)15-10(18)14-8-5-13-16(7-8)3-4-17/h5-7,17H,2-4H2,1H3,(H2,12,14,15,18). The van der Waals surface area contributed by atoms with E-state index in [0.717, 1.165) is 11.3 Å². The van der Waals surface area contributed by atoms with Crippen molar-refractivity contribution in [2.75, 3.05) is 17.2 Å². The first-order valence-corrected chi connectivity index (χ1v) is 6.69. The van der Waals surface area contributed by atoms with Gasteiger partial charge in [-0.25, -0.2) is 9.78 Å². The van der Waals surface area contributed by atoms with Crippen molar-refractivity contribution >= 4 is 28.2 Å². The third-order valence-electron chi connectivity index (χ3n) is 2.34. The van der Waals surface area contributed by atoms with Crippen LogP contribution in [0.1, 0.15) is 11.8 Å². The lowest BCUT2D eigenvalue weighted by Crippen LogP contribution is -2.18. The Labute approximate surface area is 114 Å². The molecule has 2 amide bonds. The summed E-state index contributed by atoms with van der Waals surface area (Å²) in [6, 6.07) is -0.361. The normalized spacial score (nSPS) is 10.4. The second-order valence-corrected chi connectivity index (χ2v) is 4.90. The Kier molecular flexibility index (Phi) is 4.48. The lowest BCUT2D eigenvalue weighted by Gasteiger charge is -2.02. The molecule has 2 aromatic rings. The highest BCUT2D eigenvalue weighted by atomic mass is 32.1. The Hall–Kier alpha value is -1.93. The van der Waals surface area contributed by atoms with Crippen LogP contribution in [0.15, 0.2) is 18.6 Å². The molecule has 2 heterocycles. The SMILES string of the molecule is CCc1cnc(NC(=O)Nc2cnn(CCO)c2)s1. The highest BCUT2D eigenvalue weighted by molar-refractivity contribution is 7.15. The fourth-order valence-electron chi connectivity index (χ4n) is 1.44. The number of rotatable bonds is 5. The molecule has 0 fully saturated rings. The van der Waals surface area contributed by atoms with E-state index < -0.39 is 0 Å². The quantitative estimate of drug-likeness (QED) is 0.775. The average molecular weight is 281 g/mol. The number of hydrogen-bond donors (Lipinski definition) is 3. The molecule has 0 saturated carbocycles. The summed E-state index contributed by atoms with van der Waals surface area (Å²) in [5, 5.41) is 18.6. The number of carbonyl (C=O) groups excluding carboxylic acids is 1. The molecule has 0 atom stereocenters. The number of nitrogens with zero attached hydrogens (tertiary/aromatic N) is 3. The zero-order valence-electron chi connectivity index (χ0n) is 10.5. The predicted octanol–water partition coefficient (Wildman–Crippen LogP) is 1.54. The van der Waals surface area contributed by atoms with Crippen molar-refractivity contribution in [3.05, 3.63) is 23.5 Å². The van der Waals surface area contributed by atoms with Crippen molar-refractivity contribution in [3.63, 3.8) is 0 Å². The maximum Gasteiger partial charge on any atom is 0.325 e. The zero-order chi connectivity index (χ0) is 13.7. The van der Waals surface area contributed by atoms with Crippen LogP contribution in [0.2, 0.25) is 0 Å². The molecular weight excluding hydrogens is 266 g/mol. The molecule has 0 unspecified atom stereocenters. The summed E-state index contributed by atoms with van der Waals surface area (Å²) in [7, 11) is 0. The number of carbonyl (C=O) groups is 1. The van der Waals surface area contributed by atoms with Crippen LogP contribution in [0.4, 0.5) is 15.6 Å². The van der Waals surface area contributed by atoms with Crippen LogP contribution in [0, 0.1) is 0 Å². The number of hydrogen-bond acceptors (Lipinski definition) is 5. The monoisotopic (exact) mass is 281 g/mol. The highest BCUT2D eigenvalue weighted by Gasteiger charge is 2.07. The molecule has 0 aliphatic heterocycles. The Morgan fingerprint density at radius 2 is 2.32 bits per heavy atom. The minimum atomic E-state index is -0.361. The first-order chi connectivity index (χ1) is 9.21. The molecular formula is C11H15N5O2S. The van der Waals surface area contributed by atoms with Gasteiger partial charge in [-0.3, -0.25) is 10.00 Å². The Balaban J connectivity index is 1.89. The van der Waals surface area contributed by atoms with Gasteiger partial charge in [0.05, 0.1) is 25.0 Å². The van der Waals surface area contributed by atoms with Crippen LogP contribution >= 0.6 is 11.3 Å². The van der Waals surface area contributed by atoms with Gasteiger partial charge in [-0.1, -0.05) is 6.92 Å². The predicted molar refractivity (Wildman–Crippen MR) is 73.4 cm³/mol. The number of aryl methyl sites for hydroxylation is 1. The van der Waals surface area contributed by atoms with Gasteiger partial charge < -0.3 is 10.4 Å². The zero-order valence-corrected chi connectivity index (χ0v) is 11.3. The van der Waals surface area contributed by atoms with E-state index in [-0.39, 0.29) is 12.6 Å². The maximum atomic E-state index is 11.7. The Morgan fingerprint density at radius 1 is 1.47 bits per heavy atom. The summed E-state index contributed by atoms with van der Waals surface area (Å²) >= 11 is 1.45. The number of aliphatic hydroxyl groups is 1. The van der Waals surface area contributed by atoms with Crippen molar-refractivity contribution < 1.29 is 9.90 Å². The number of anilines is 2. The molecule has 0 aliphatic rings. The third-order valence-corrected chi connectivity index (χ3v) is 3.40. The second kappa shape index (κ2) is 6.30. The fraction of sp³-hybridized carbons (Fsp3) is 0.364. The van der Waals surface area contributed by atoms with Crippen molar-refractivity contribution in [2.45, 2.75) is 19.9 Å². The summed E-state index contributed by atoms with van der Waals surface area (Å²) in [4.78, 5) is 16.9. The van der Waals surface area contributed by atoms with E-state index in [9.17, 15) is 4.79 Å². The van der Waals surface area contributed by atoms with Gasteiger partial charge in [0.2, 0.25) is 0 Å². The molecule has 19 heavy (non-hydrogen) atoms.